The van der Waals surface area contributed by atoms with Crippen molar-refractivity contribution in [3.8, 4) is 23.3 Å². The number of nitrogens with one attached hydrogen (secondary N) is 1. The third kappa shape index (κ3) is 7.51. The molecule has 0 aliphatic heterocycles. The van der Waals surface area contributed by atoms with Crippen molar-refractivity contribution < 1.29 is 19.0 Å². The Kier molecular flexibility index (Phi) is 9.59. The van der Waals surface area contributed by atoms with E-state index < -0.39 is 5.91 Å². The van der Waals surface area contributed by atoms with Crippen LogP contribution in [0.1, 0.15) is 23.6 Å². The highest BCUT2D eigenvalue weighted by Crippen LogP contribution is 2.35. The van der Waals surface area contributed by atoms with Gasteiger partial charge in [-0.3, -0.25) is 4.79 Å². The van der Waals surface area contributed by atoms with Gasteiger partial charge in [-0.1, -0.05) is 51.8 Å². The van der Waals surface area contributed by atoms with Gasteiger partial charge in [0.2, 0.25) is 0 Å². The predicted molar refractivity (Wildman–Crippen MR) is 140 cm³/mol. The van der Waals surface area contributed by atoms with Gasteiger partial charge in [-0.25, -0.2) is 0 Å². The average molecular weight is 556 g/mol. The molecule has 0 radical (unpaired) electrons. The fourth-order valence-corrected chi connectivity index (χ4v) is 3.67. The van der Waals surface area contributed by atoms with Crippen molar-refractivity contribution in [1.29, 1.82) is 5.26 Å². The fourth-order valence-electron chi connectivity index (χ4n) is 3.11. The van der Waals surface area contributed by atoms with Crippen LogP contribution in [-0.2, 0) is 17.9 Å². The van der Waals surface area contributed by atoms with Gasteiger partial charge < -0.3 is 19.5 Å². The minimum atomic E-state index is -0.476. The number of ether oxygens (including phenoxy) is 3. The number of amides is 1. The maximum absolute atomic E-state index is 12.6. The first-order valence-corrected chi connectivity index (χ1v) is 12.0. The largest absolute Gasteiger partial charge is 0.497 e. The number of hydrogen-bond acceptors (Lipinski definition) is 5. The quantitative estimate of drug-likeness (QED) is 0.234. The van der Waals surface area contributed by atoms with Gasteiger partial charge in [0.1, 0.15) is 24.0 Å². The predicted octanol–water partition coefficient (Wildman–Crippen LogP) is 6.31. The van der Waals surface area contributed by atoms with Crippen LogP contribution in [0, 0.1) is 11.3 Å². The summed E-state index contributed by atoms with van der Waals surface area (Å²) in [4.78, 5) is 12.6. The number of hydrogen-bond donors (Lipinski definition) is 1. The first-order chi connectivity index (χ1) is 16.9. The molecule has 0 saturated heterocycles. The van der Waals surface area contributed by atoms with Crippen molar-refractivity contribution in [2.75, 3.05) is 13.7 Å². The Morgan fingerprint density at radius 1 is 1.06 bits per heavy atom. The second kappa shape index (κ2) is 12.8. The number of rotatable bonds is 10. The first-order valence-electron chi connectivity index (χ1n) is 10.8. The van der Waals surface area contributed by atoms with E-state index in [1.807, 2.05) is 49.4 Å². The zero-order chi connectivity index (χ0) is 25.2. The number of methoxy groups -OCH3 is 1. The van der Waals surface area contributed by atoms with Crippen LogP contribution in [0.3, 0.4) is 0 Å². The molecule has 1 N–H and O–H groups in total. The van der Waals surface area contributed by atoms with Crippen LogP contribution in [0.2, 0.25) is 5.02 Å². The van der Waals surface area contributed by atoms with Crippen molar-refractivity contribution in [1.82, 2.24) is 5.32 Å². The van der Waals surface area contributed by atoms with Crippen LogP contribution in [0.4, 0.5) is 0 Å². The molecule has 180 valence electrons. The normalized spacial score (nSPS) is 10.9. The maximum Gasteiger partial charge on any atom is 0.262 e. The highest BCUT2D eigenvalue weighted by atomic mass is 79.9. The lowest BCUT2D eigenvalue weighted by molar-refractivity contribution is -0.117. The number of nitriles is 1. The van der Waals surface area contributed by atoms with E-state index >= 15 is 0 Å². The molecule has 8 heteroatoms. The highest BCUT2D eigenvalue weighted by molar-refractivity contribution is 9.10. The average Bonchev–Trinajstić information content (AvgIpc) is 2.87. The Balaban J connectivity index is 1.75. The lowest BCUT2D eigenvalue weighted by atomic mass is 10.1. The monoisotopic (exact) mass is 554 g/mol. The molecule has 0 atom stereocenters. The van der Waals surface area contributed by atoms with E-state index in [2.05, 4.69) is 21.2 Å². The Labute approximate surface area is 218 Å². The molecule has 3 rings (SSSR count). The van der Waals surface area contributed by atoms with E-state index in [1.165, 1.54) is 6.08 Å². The van der Waals surface area contributed by atoms with Gasteiger partial charge in [-0.2, -0.15) is 5.26 Å². The summed E-state index contributed by atoms with van der Waals surface area (Å²) >= 11 is 9.46. The molecular formula is C27H24BrClN2O4. The Hall–Kier alpha value is -3.47. The molecule has 6 nitrogen and oxygen atoms in total. The minimum absolute atomic E-state index is 0.0310. The summed E-state index contributed by atoms with van der Waals surface area (Å²) in [6.07, 6.45) is 1.51. The summed E-state index contributed by atoms with van der Waals surface area (Å²) in [5, 5.41) is 13.0. The van der Waals surface area contributed by atoms with Crippen LogP contribution in [-0.4, -0.2) is 19.6 Å². The molecule has 3 aromatic carbocycles. The van der Waals surface area contributed by atoms with E-state index in [0.717, 1.165) is 16.9 Å². The van der Waals surface area contributed by atoms with Gasteiger partial charge in [-0.05, 0) is 66.1 Å². The number of nitrogens with zero attached hydrogens (tertiary/aromatic N) is 1. The van der Waals surface area contributed by atoms with Gasteiger partial charge in [0.25, 0.3) is 5.91 Å². The zero-order valence-corrected chi connectivity index (χ0v) is 21.7. The lowest BCUT2D eigenvalue weighted by Gasteiger charge is -2.14. The summed E-state index contributed by atoms with van der Waals surface area (Å²) in [6.45, 7) is 2.91. The first kappa shape index (κ1) is 26.1. The van der Waals surface area contributed by atoms with Crippen LogP contribution in [0.5, 0.6) is 17.2 Å². The number of halogens is 2. The molecule has 0 aliphatic carbocycles. The third-order valence-corrected chi connectivity index (χ3v) is 5.89. The van der Waals surface area contributed by atoms with Gasteiger partial charge in [-0.15, -0.1) is 0 Å². The molecule has 0 unspecified atom stereocenters. The molecule has 35 heavy (non-hydrogen) atoms. The fraction of sp³-hybridized carbons (Fsp3) is 0.185. The van der Waals surface area contributed by atoms with Gasteiger partial charge in [0, 0.05) is 16.0 Å². The molecule has 3 aromatic rings. The van der Waals surface area contributed by atoms with Crippen molar-refractivity contribution >= 4 is 39.5 Å². The van der Waals surface area contributed by atoms with Crippen LogP contribution in [0.25, 0.3) is 6.08 Å². The zero-order valence-electron chi connectivity index (χ0n) is 19.3. The Bertz CT molecular complexity index is 1240. The molecule has 0 aliphatic rings. The molecule has 0 fully saturated rings. The Morgan fingerprint density at radius 3 is 2.34 bits per heavy atom. The van der Waals surface area contributed by atoms with Gasteiger partial charge >= 0.3 is 0 Å². The SMILES string of the molecule is CCOc1cc(/C=C(/C#N)C(=O)NCc2ccc(OC)cc2)c(Br)cc1OCc1ccc(Cl)cc1. The van der Waals surface area contributed by atoms with Crippen molar-refractivity contribution in [2.45, 2.75) is 20.1 Å². The summed E-state index contributed by atoms with van der Waals surface area (Å²) in [6, 6.07) is 20.2. The molecule has 0 aromatic heterocycles. The smallest absolute Gasteiger partial charge is 0.262 e. The van der Waals surface area contributed by atoms with E-state index in [-0.39, 0.29) is 12.1 Å². The number of benzene rings is 3. The summed E-state index contributed by atoms with van der Waals surface area (Å²) in [5.41, 5.74) is 2.43. The summed E-state index contributed by atoms with van der Waals surface area (Å²) < 4.78 is 17.5. The van der Waals surface area contributed by atoms with E-state index in [1.54, 1.807) is 31.4 Å². The molecule has 0 spiro atoms. The molecular weight excluding hydrogens is 532 g/mol. The number of carbonyl (C=O) groups excluding carboxylic acids is 1. The van der Waals surface area contributed by atoms with Gasteiger partial charge in [0.15, 0.2) is 11.5 Å². The molecule has 1 amide bonds. The van der Waals surface area contributed by atoms with Crippen molar-refractivity contribution in [2.24, 2.45) is 0 Å². The summed E-state index contributed by atoms with van der Waals surface area (Å²) in [7, 11) is 1.59. The number of carbonyl (C=O) groups is 1. The maximum atomic E-state index is 12.6. The van der Waals surface area contributed by atoms with Gasteiger partial charge in [0.05, 0.1) is 13.7 Å². The highest BCUT2D eigenvalue weighted by Gasteiger charge is 2.14. The standard InChI is InChI=1S/C27H24BrClN2O4/c1-3-34-25-13-20(24(28)14-26(25)35-17-19-4-8-22(29)9-5-19)12-21(15-30)27(32)31-16-18-6-10-23(33-2)11-7-18/h4-14H,3,16-17H2,1-2H3,(H,31,32)/b21-12-. The minimum Gasteiger partial charge on any atom is -0.497 e. The molecule has 0 bridgehead atoms. The third-order valence-electron chi connectivity index (χ3n) is 4.95. The lowest BCUT2D eigenvalue weighted by Crippen LogP contribution is -2.23. The summed E-state index contributed by atoms with van der Waals surface area (Å²) in [5.74, 6) is 1.30. The second-order valence-electron chi connectivity index (χ2n) is 7.37. The molecule has 0 saturated carbocycles. The topological polar surface area (TPSA) is 80.6 Å². The Morgan fingerprint density at radius 2 is 1.71 bits per heavy atom. The van der Waals surface area contributed by atoms with Crippen molar-refractivity contribution in [3.05, 3.63) is 92.4 Å². The van der Waals surface area contributed by atoms with Crippen molar-refractivity contribution in [3.63, 3.8) is 0 Å². The van der Waals surface area contributed by atoms with E-state index in [4.69, 9.17) is 25.8 Å². The van der Waals surface area contributed by atoms with Crippen LogP contribution >= 0.6 is 27.5 Å². The van der Waals surface area contributed by atoms with Crippen LogP contribution in [0.15, 0.2) is 70.7 Å². The van der Waals surface area contributed by atoms with E-state index in [9.17, 15) is 10.1 Å². The van der Waals surface area contributed by atoms with Crippen LogP contribution < -0.4 is 19.5 Å². The van der Waals surface area contributed by atoms with E-state index in [0.29, 0.717) is 39.8 Å². The molecule has 0 heterocycles. The second-order valence-corrected chi connectivity index (χ2v) is 8.66.